The molecule has 0 aromatic carbocycles. The van der Waals surface area contributed by atoms with Gasteiger partial charge in [-0.2, -0.15) is 5.10 Å². The lowest BCUT2D eigenvalue weighted by Gasteiger charge is -2.19. The third kappa shape index (κ3) is 2.00. The topological polar surface area (TPSA) is 38.0 Å². The number of aliphatic hydroxyl groups is 1. The number of fused-ring (bicyclic) bond motifs is 1. The highest BCUT2D eigenvalue weighted by atomic mass is 35.5. The number of rotatable bonds is 3. The van der Waals surface area contributed by atoms with Crippen molar-refractivity contribution in [1.82, 2.24) is 9.78 Å². The molecule has 0 radical (unpaired) electrons. The first-order valence-corrected chi connectivity index (χ1v) is 6.80. The van der Waals surface area contributed by atoms with Gasteiger partial charge in [-0.05, 0) is 43.9 Å². The van der Waals surface area contributed by atoms with Gasteiger partial charge in [0.2, 0.25) is 0 Å². The van der Waals surface area contributed by atoms with Gasteiger partial charge in [0, 0.05) is 19.0 Å². The molecular weight excluding hydrogens is 236 g/mol. The Morgan fingerprint density at radius 3 is 2.59 bits per heavy atom. The van der Waals surface area contributed by atoms with Gasteiger partial charge < -0.3 is 5.11 Å². The number of aromatic nitrogens is 2. The van der Waals surface area contributed by atoms with Crippen molar-refractivity contribution in [2.75, 3.05) is 0 Å². The first kappa shape index (κ1) is 11.5. The Hall–Kier alpha value is -0.540. The lowest BCUT2D eigenvalue weighted by Crippen LogP contribution is -2.22. The van der Waals surface area contributed by atoms with E-state index < -0.39 is 0 Å². The standard InChI is InChI=1S/C13H19ClN2O/c1-7-11(13(14)16(2)15-7)6-12(17)10-4-8-3-9(8)5-10/h8-10,12,17H,3-6H2,1-2H3. The molecule has 1 heterocycles. The lowest BCUT2D eigenvalue weighted by atomic mass is 9.92. The van der Waals surface area contributed by atoms with Crippen molar-refractivity contribution < 1.29 is 5.11 Å². The van der Waals surface area contributed by atoms with Crippen molar-refractivity contribution in [2.24, 2.45) is 24.8 Å². The van der Waals surface area contributed by atoms with Gasteiger partial charge in [0.25, 0.3) is 0 Å². The molecule has 3 rings (SSSR count). The van der Waals surface area contributed by atoms with Crippen LogP contribution in [0.4, 0.5) is 0 Å². The number of hydrogen-bond donors (Lipinski definition) is 1. The van der Waals surface area contributed by atoms with Crippen molar-refractivity contribution in [1.29, 1.82) is 0 Å². The van der Waals surface area contributed by atoms with Crippen LogP contribution in [0.2, 0.25) is 5.15 Å². The Morgan fingerprint density at radius 2 is 2.06 bits per heavy atom. The summed E-state index contributed by atoms with van der Waals surface area (Å²) in [7, 11) is 1.84. The van der Waals surface area contributed by atoms with E-state index >= 15 is 0 Å². The Morgan fingerprint density at radius 1 is 1.41 bits per heavy atom. The third-order valence-electron chi connectivity index (χ3n) is 4.51. The van der Waals surface area contributed by atoms with E-state index in [1.54, 1.807) is 4.68 Å². The first-order chi connectivity index (χ1) is 8.06. The van der Waals surface area contributed by atoms with Crippen LogP contribution in [0.3, 0.4) is 0 Å². The average molecular weight is 255 g/mol. The van der Waals surface area contributed by atoms with Gasteiger partial charge >= 0.3 is 0 Å². The minimum atomic E-state index is -0.247. The molecule has 2 aliphatic rings. The van der Waals surface area contributed by atoms with Crippen LogP contribution in [0, 0.1) is 24.7 Å². The van der Waals surface area contributed by atoms with Crippen LogP contribution >= 0.6 is 11.6 Å². The Balaban J connectivity index is 1.69. The summed E-state index contributed by atoms with van der Waals surface area (Å²) in [4.78, 5) is 0. The zero-order valence-corrected chi connectivity index (χ0v) is 11.1. The normalized spacial score (nSPS) is 32.6. The Kier molecular flexibility index (Phi) is 2.71. The van der Waals surface area contributed by atoms with E-state index in [4.69, 9.17) is 11.6 Å². The summed E-state index contributed by atoms with van der Waals surface area (Å²) < 4.78 is 1.69. The number of aliphatic hydroxyl groups excluding tert-OH is 1. The highest BCUT2D eigenvalue weighted by Gasteiger charge is 2.47. The van der Waals surface area contributed by atoms with E-state index in [-0.39, 0.29) is 6.10 Å². The predicted octanol–water partition coefficient (Wildman–Crippen LogP) is 2.33. The van der Waals surface area contributed by atoms with Crippen LogP contribution in [-0.2, 0) is 13.5 Å². The predicted molar refractivity (Wildman–Crippen MR) is 67.0 cm³/mol. The van der Waals surface area contributed by atoms with Crippen molar-refractivity contribution in [3.63, 3.8) is 0 Å². The average Bonchev–Trinajstić information content (AvgIpc) is 2.83. The molecule has 3 nitrogen and oxygen atoms in total. The summed E-state index contributed by atoms with van der Waals surface area (Å²) in [6.07, 6.45) is 4.23. The quantitative estimate of drug-likeness (QED) is 0.899. The van der Waals surface area contributed by atoms with Crippen molar-refractivity contribution in [3.05, 3.63) is 16.4 Å². The number of aryl methyl sites for hydroxylation is 2. The molecule has 0 saturated heterocycles. The molecule has 2 fully saturated rings. The van der Waals surface area contributed by atoms with Gasteiger partial charge in [0.1, 0.15) is 5.15 Å². The van der Waals surface area contributed by atoms with E-state index in [9.17, 15) is 5.11 Å². The fourth-order valence-corrected chi connectivity index (χ4v) is 3.61. The van der Waals surface area contributed by atoms with Gasteiger partial charge in [-0.1, -0.05) is 11.6 Å². The second-order valence-electron chi connectivity index (χ2n) is 5.74. The van der Waals surface area contributed by atoms with Crippen molar-refractivity contribution in [2.45, 2.75) is 38.7 Å². The van der Waals surface area contributed by atoms with Gasteiger partial charge in [0.05, 0.1) is 11.8 Å². The summed E-state index contributed by atoms with van der Waals surface area (Å²) in [5, 5.41) is 15.3. The lowest BCUT2D eigenvalue weighted by molar-refractivity contribution is 0.104. The third-order valence-corrected chi connectivity index (χ3v) is 4.98. The molecule has 3 atom stereocenters. The van der Waals surface area contributed by atoms with E-state index in [0.717, 1.165) is 23.1 Å². The summed E-state index contributed by atoms with van der Waals surface area (Å²) in [5.41, 5.74) is 1.96. The maximum atomic E-state index is 10.3. The Bertz CT molecular complexity index is 433. The van der Waals surface area contributed by atoms with Gasteiger partial charge in [-0.15, -0.1) is 0 Å². The molecule has 4 heteroatoms. The summed E-state index contributed by atoms with van der Waals surface area (Å²) in [6.45, 7) is 1.96. The Labute approximate surface area is 107 Å². The van der Waals surface area contributed by atoms with Crippen LogP contribution in [0.25, 0.3) is 0 Å². The summed E-state index contributed by atoms with van der Waals surface area (Å²) in [6, 6.07) is 0. The molecule has 0 aliphatic heterocycles. The molecule has 1 aromatic heterocycles. The smallest absolute Gasteiger partial charge is 0.130 e. The number of nitrogens with zero attached hydrogens (tertiary/aromatic N) is 2. The molecule has 0 spiro atoms. The highest BCUT2D eigenvalue weighted by molar-refractivity contribution is 6.30. The molecule has 0 amide bonds. The van der Waals surface area contributed by atoms with E-state index in [1.807, 2.05) is 14.0 Å². The second kappa shape index (κ2) is 3.99. The second-order valence-corrected chi connectivity index (χ2v) is 6.10. The minimum Gasteiger partial charge on any atom is -0.392 e. The van der Waals surface area contributed by atoms with Crippen LogP contribution < -0.4 is 0 Å². The van der Waals surface area contributed by atoms with Crippen molar-refractivity contribution in [3.8, 4) is 0 Å². The maximum Gasteiger partial charge on any atom is 0.130 e. The van der Waals surface area contributed by atoms with E-state index in [2.05, 4.69) is 5.10 Å². The molecule has 2 saturated carbocycles. The fourth-order valence-electron chi connectivity index (χ4n) is 3.36. The fraction of sp³-hybridized carbons (Fsp3) is 0.769. The molecular formula is C13H19ClN2O. The molecule has 3 unspecified atom stereocenters. The SMILES string of the molecule is Cc1nn(C)c(Cl)c1CC(O)C1CC2CC2C1. The zero-order chi connectivity index (χ0) is 12.2. The van der Waals surface area contributed by atoms with E-state index in [1.165, 1.54) is 19.3 Å². The van der Waals surface area contributed by atoms with Gasteiger partial charge in [-0.25, -0.2) is 0 Å². The van der Waals surface area contributed by atoms with Crippen molar-refractivity contribution >= 4 is 11.6 Å². The molecule has 17 heavy (non-hydrogen) atoms. The molecule has 2 aliphatic carbocycles. The van der Waals surface area contributed by atoms with Crippen LogP contribution in [0.5, 0.6) is 0 Å². The molecule has 1 aromatic rings. The monoisotopic (exact) mass is 254 g/mol. The van der Waals surface area contributed by atoms with Gasteiger partial charge in [0.15, 0.2) is 0 Å². The summed E-state index contributed by atoms with van der Waals surface area (Å²) in [5.74, 6) is 2.31. The van der Waals surface area contributed by atoms with Gasteiger partial charge in [-0.3, -0.25) is 4.68 Å². The number of hydrogen-bond acceptors (Lipinski definition) is 2. The minimum absolute atomic E-state index is 0.247. The van der Waals surface area contributed by atoms with Crippen LogP contribution in [0.15, 0.2) is 0 Å². The first-order valence-electron chi connectivity index (χ1n) is 6.42. The summed E-state index contributed by atoms with van der Waals surface area (Å²) >= 11 is 6.19. The van der Waals surface area contributed by atoms with E-state index in [0.29, 0.717) is 17.5 Å². The van der Waals surface area contributed by atoms with Crippen LogP contribution in [0.1, 0.15) is 30.5 Å². The largest absolute Gasteiger partial charge is 0.392 e. The van der Waals surface area contributed by atoms with Crippen LogP contribution in [-0.4, -0.2) is 21.0 Å². The molecule has 94 valence electrons. The molecule has 1 N–H and O–H groups in total. The number of halogens is 1. The molecule has 0 bridgehead atoms. The zero-order valence-electron chi connectivity index (χ0n) is 10.4. The highest BCUT2D eigenvalue weighted by Crippen LogP contribution is 2.55. The maximum absolute atomic E-state index is 10.3.